The van der Waals surface area contributed by atoms with Crippen LogP contribution in [0.5, 0.6) is 5.75 Å². The number of alkyl halides is 1. The van der Waals surface area contributed by atoms with Crippen LogP contribution in [0.4, 0.5) is 4.39 Å². The molecule has 1 aliphatic heterocycles. The third-order valence-corrected chi connectivity index (χ3v) is 4.79. The first-order valence-corrected chi connectivity index (χ1v) is 7.99. The molecule has 2 aromatic rings. The summed E-state index contributed by atoms with van der Waals surface area (Å²) in [5, 5.41) is -0.325. The zero-order valence-electron chi connectivity index (χ0n) is 11.8. The van der Waals surface area contributed by atoms with Gasteiger partial charge in [-0.1, -0.05) is 34.1 Å². The maximum atomic E-state index is 13.2. The first-order chi connectivity index (χ1) is 9.85. The van der Waals surface area contributed by atoms with Gasteiger partial charge in [0, 0.05) is 10.9 Å². The number of halogens is 3. The molecule has 1 atom stereocenters. The van der Waals surface area contributed by atoms with Crippen molar-refractivity contribution >= 4 is 27.5 Å². The zero-order valence-corrected chi connectivity index (χ0v) is 14.1. The van der Waals surface area contributed by atoms with E-state index in [-0.39, 0.29) is 16.8 Å². The van der Waals surface area contributed by atoms with Crippen LogP contribution in [-0.2, 0) is 6.42 Å². The molecule has 0 fully saturated rings. The number of fused-ring (bicyclic) bond motifs is 1. The predicted molar refractivity (Wildman–Crippen MR) is 86.6 cm³/mol. The molecular formula is C17H15BrClFO. The molecule has 21 heavy (non-hydrogen) atoms. The molecule has 0 saturated heterocycles. The lowest BCUT2D eigenvalue weighted by Crippen LogP contribution is -2.24. The van der Waals surface area contributed by atoms with Crippen LogP contribution in [0, 0.1) is 5.82 Å². The molecule has 2 aromatic carbocycles. The highest BCUT2D eigenvalue weighted by Gasteiger charge is 2.30. The second-order valence-electron chi connectivity index (χ2n) is 5.93. The number of rotatable bonds is 2. The fourth-order valence-corrected chi connectivity index (χ4v) is 3.71. The van der Waals surface area contributed by atoms with Crippen molar-refractivity contribution in [2.45, 2.75) is 31.2 Å². The summed E-state index contributed by atoms with van der Waals surface area (Å²) in [6.07, 6.45) is 0.865. The number of ether oxygens (including phenoxy) is 1. The predicted octanol–water partition coefficient (Wildman–Crippen LogP) is 5.63. The standard InChI is InChI=1S/C17H15BrClFO/c1-17(2)9-11-7-10(3-6-15(11)21-17)16(19)13-5-4-12(20)8-14(13)18/h3-8,16H,9H2,1-2H3. The van der Waals surface area contributed by atoms with Crippen molar-refractivity contribution in [3.63, 3.8) is 0 Å². The van der Waals surface area contributed by atoms with Crippen molar-refractivity contribution in [2.24, 2.45) is 0 Å². The molecule has 1 aliphatic rings. The van der Waals surface area contributed by atoms with Crippen molar-refractivity contribution < 1.29 is 9.13 Å². The SMILES string of the molecule is CC1(C)Cc2cc(C(Cl)c3ccc(F)cc3Br)ccc2O1. The van der Waals surface area contributed by atoms with Crippen LogP contribution in [0.25, 0.3) is 0 Å². The summed E-state index contributed by atoms with van der Waals surface area (Å²) in [7, 11) is 0. The normalized spacial score (nSPS) is 17.2. The maximum Gasteiger partial charge on any atom is 0.124 e. The van der Waals surface area contributed by atoms with Crippen molar-refractivity contribution in [3.8, 4) is 5.75 Å². The summed E-state index contributed by atoms with van der Waals surface area (Å²) < 4.78 is 19.7. The molecule has 0 bridgehead atoms. The Balaban J connectivity index is 1.95. The summed E-state index contributed by atoms with van der Waals surface area (Å²) in [5.74, 6) is 0.643. The average Bonchev–Trinajstić information content (AvgIpc) is 2.70. The van der Waals surface area contributed by atoms with Gasteiger partial charge in [0.2, 0.25) is 0 Å². The molecule has 0 radical (unpaired) electrons. The van der Waals surface area contributed by atoms with Gasteiger partial charge in [-0.2, -0.15) is 0 Å². The van der Waals surface area contributed by atoms with Gasteiger partial charge in [0.1, 0.15) is 17.2 Å². The van der Waals surface area contributed by atoms with Gasteiger partial charge in [-0.05, 0) is 48.7 Å². The molecule has 110 valence electrons. The smallest absolute Gasteiger partial charge is 0.124 e. The van der Waals surface area contributed by atoms with E-state index in [1.807, 2.05) is 12.1 Å². The molecule has 1 heterocycles. The molecule has 0 N–H and O–H groups in total. The van der Waals surface area contributed by atoms with Crippen LogP contribution in [0.15, 0.2) is 40.9 Å². The molecule has 0 spiro atoms. The topological polar surface area (TPSA) is 9.23 Å². The summed E-state index contributed by atoms with van der Waals surface area (Å²) in [6.45, 7) is 4.14. The Morgan fingerprint density at radius 1 is 1.24 bits per heavy atom. The second kappa shape index (κ2) is 5.29. The van der Waals surface area contributed by atoms with E-state index in [1.54, 1.807) is 6.07 Å². The summed E-state index contributed by atoms with van der Waals surface area (Å²) in [6, 6.07) is 10.6. The molecule has 0 aromatic heterocycles. The first-order valence-electron chi connectivity index (χ1n) is 6.76. The Bertz CT molecular complexity index is 699. The summed E-state index contributed by atoms with van der Waals surface area (Å²) in [4.78, 5) is 0. The highest BCUT2D eigenvalue weighted by atomic mass is 79.9. The molecule has 4 heteroatoms. The van der Waals surface area contributed by atoms with E-state index in [4.69, 9.17) is 16.3 Å². The lowest BCUT2D eigenvalue weighted by Gasteiger charge is -2.16. The number of hydrogen-bond donors (Lipinski definition) is 0. The van der Waals surface area contributed by atoms with E-state index >= 15 is 0 Å². The Morgan fingerprint density at radius 3 is 2.71 bits per heavy atom. The van der Waals surface area contributed by atoms with Crippen LogP contribution < -0.4 is 4.74 Å². The van der Waals surface area contributed by atoms with Gasteiger partial charge in [0.05, 0.1) is 5.38 Å². The number of hydrogen-bond acceptors (Lipinski definition) is 1. The largest absolute Gasteiger partial charge is 0.487 e. The van der Waals surface area contributed by atoms with Gasteiger partial charge in [0.25, 0.3) is 0 Å². The molecule has 0 saturated carbocycles. The van der Waals surface area contributed by atoms with Crippen molar-refractivity contribution in [2.75, 3.05) is 0 Å². The monoisotopic (exact) mass is 368 g/mol. The van der Waals surface area contributed by atoms with Crippen molar-refractivity contribution in [3.05, 3.63) is 63.4 Å². The van der Waals surface area contributed by atoms with Gasteiger partial charge >= 0.3 is 0 Å². The van der Waals surface area contributed by atoms with Crippen LogP contribution >= 0.6 is 27.5 Å². The van der Waals surface area contributed by atoms with E-state index in [1.165, 1.54) is 17.7 Å². The van der Waals surface area contributed by atoms with Crippen molar-refractivity contribution in [1.82, 2.24) is 0 Å². The third kappa shape index (κ3) is 2.95. The van der Waals surface area contributed by atoms with Crippen LogP contribution in [0.2, 0.25) is 0 Å². The lowest BCUT2D eigenvalue weighted by molar-refractivity contribution is 0.138. The minimum Gasteiger partial charge on any atom is -0.487 e. The van der Waals surface area contributed by atoms with E-state index in [2.05, 4.69) is 35.8 Å². The van der Waals surface area contributed by atoms with Gasteiger partial charge in [0.15, 0.2) is 0 Å². The fraction of sp³-hybridized carbons (Fsp3) is 0.294. The summed E-state index contributed by atoms with van der Waals surface area (Å²) >= 11 is 9.95. The Labute approximate surface area is 137 Å². The molecule has 1 nitrogen and oxygen atoms in total. The lowest BCUT2D eigenvalue weighted by atomic mass is 9.97. The Kier molecular flexibility index (Phi) is 3.74. The zero-order chi connectivity index (χ0) is 15.2. The van der Waals surface area contributed by atoms with E-state index in [0.29, 0.717) is 4.47 Å². The molecule has 1 unspecified atom stereocenters. The highest BCUT2D eigenvalue weighted by Crippen LogP contribution is 2.40. The van der Waals surface area contributed by atoms with Gasteiger partial charge in [-0.15, -0.1) is 11.6 Å². The Morgan fingerprint density at radius 2 is 2.00 bits per heavy atom. The number of benzene rings is 2. The van der Waals surface area contributed by atoms with Crippen LogP contribution in [-0.4, -0.2) is 5.60 Å². The van der Waals surface area contributed by atoms with E-state index < -0.39 is 0 Å². The van der Waals surface area contributed by atoms with Gasteiger partial charge < -0.3 is 4.74 Å². The molecular weight excluding hydrogens is 355 g/mol. The molecule has 3 rings (SSSR count). The molecule has 0 amide bonds. The minimum absolute atomic E-state index is 0.167. The quantitative estimate of drug-likeness (QED) is 0.623. The van der Waals surface area contributed by atoms with Crippen molar-refractivity contribution in [1.29, 1.82) is 0 Å². The summed E-state index contributed by atoms with van der Waals surface area (Å²) in [5.41, 5.74) is 2.85. The third-order valence-electron chi connectivity index (χ3n) is 3.62. The second-order valence-corrected chi connectivity index (χ2v) is 7.22. The van der Waals surface area contributed by atoms with E-state index in [9.17, 15) is 4.39 Å². The van der Waals surface area contributed by atoms with Crippen LogP contribution in [0.1, 0.15) is 35.9 Å². The first kappa shape index (κ1) is 14.9. The van der Waals surface area contributed by atoms with Gasteiger partial charge in [-0.25, -0.2) is 4.39 Å². The Hall–Kier alpha value is -1.06. The van der Waals surface area contributed by atoms with Gasteiger partial charge in [-0.3, -0.25) is 0 Å². The fourth-order valence-electron chi connectivity index (χ4n) is 2.67. The minimum atomic E-state index is -0.325. The average molecular weight is 370 g/mol. The highest BCUT2D eigenvalue weighted by molar-refractivity contribution is 9.10. The van der Waals surface area contributed by atoms with Crippen LogP contribution in [0.3, 0.4) is 0 Å². The van der Waals surface area contributed by atoms with E-state index in [0.717, 1.165) is 23.3 Å². The maximum absolute atomic E-state index is 13.2. The molecule has 0 aliphatic carbocycles.